The number of nitrogens with one attached hydrogen (secondary N) is 1. The number of hydrogen-bond donors (Lipinski definition) is 1. The molecule has 0 saturated carbocycles. The van der Waals surface area contributed by atoms with Gasteiger partial charge in [0.1, 0.15) is 5.82 Å². The Labute approximate surface area is 175 Å². The number of carbonyl (C=O) groups is 1. The highest BCUT2D eigenvalue weighted by atomic mass is 79.9. The van der Waals surface area contributed by atoms with E-state index in [2.05, 4.69) is 33.3 Å². The summed E-state index contributed by atoms with van der Waals surface area (Å²) in [5, 5.41) is 7.20. The molecule has 2 aliphatic rings. The highest BCUT2D eigenvalue weighted by molar-refractivity contribution is 9.10. The Kier molecular flexibility index (Phi) is 5.35. The van der Waals surface area contributed by atoms with Gasteiger partial charge < -0.3 is 10.2 Å². The third-order valence-corrected chi connectivity index (χ3v) is 6.28. The van der Waals surface area contributed by atoms with Gasteiger partial charge in [-0.2, -0.15) is 18.3 Å². The Morgan fingerprint density at radius 3 is 2.48 bits per heavy atom. The molecule has 0 bridgehead atoms. The molecular formula is C20H22BrF3N4O. The van der Waals surface area contributed by atoms with Gasteiger partial charge in [-0.05, 0) is 36.5 Å². The van der Waals surface area contributed by atoms with Gasteiger partial charge in [-0.25, -0.2) is 4.68 Å². The van der Waals surface area contributed by atoms with E-state index in [0.29, 0.717) is 19.0 Å². The largest absolute Gasteiger partial charge is 0.410 e. The highest BCUT2D eigenvalue weighted by Gasteiger charge is 2.47. The maximum atomic E-state index is 13.8. The summed E-state index contributed by atoms with van der Waals surface area (Å²) in [6.45, 7) is 3.36. The van der Waals surface area contributed by atoms with Crippen LogP contribution in [-0.2, 0) is 0 Å². The molecule has 1 aromatic carbocycles. The number of halogens is 4. The highest BCUT2D eigenvalue weighted by Crippen LogP contribution is 2.43. The number of benzene rings is 1. The van der Waals surface area contributed by atoms with Gasteiger partial charge in [0.15, 0.2) is 11.7 Å². The fourth-order valence-corrected chi connectivity index (χ4v) is 4.23. The van der Waals surface area contributed by atoms with Crippen LogP contribution in [0.5, 0.6) is 0 Å². The number of fused-ring (bicyclic) bond motifs is 1. The van der Waals surface area contributed by atoms with Crippen LogP contribution in [0.25, 0.3) is 0 Å². The Balaban J connectivity index is 1.63. The Hall–Kier alpha value is -2.03. The topological polar surface area (TPSA) is 50.2 Å². The van der Waals surface area contributed by atoms with Gasteiger partial charge in [-0.3, -0.25) is 4.79 Å². The molecule has 2 unspecified atom stereocenters. The van der Waals surface area contributed by atoms with Crippen LogP contribution in [0.4, 0.5) is 19.0 Å². The van der Waals surface area contributed by atoms with Crippen molar-refractivity contribution in [3.8, 4) is 0 Å². The lowest BCUT2D eigenvalue weighted by atomic mass is 9.97. The molecule has 1 N–H and O–H groups in total. The molecule has 156 valence electrons. The Morgan fingerprint density at radius 2 is 1.86 bits per heavy atom. The average Bonchev–Trinajstić information content (AvgIpc) is 3.11. The maximum absolute atomic E-state index is 13.8. The van der Waals surface area contributed by atoms with Crippen LogP contribution in [0.2, 0.25) is 0 Å². The number of rotatable bonds is 2. The monoisotopic (exact) mass is 470 g/mol. The van der Waals surface area contributed by atoms with Crippen molar-refractivity contribution < 1.29 is 18.0 Å². The maximum Gasteiger partial charge on any atom is 0.410 e. The van der Waals surface area contributed by atoms with Crippen LogP contribution >= 0.6 is 15.9 Å². The molecule has 1 amide bonds. The van der Waals surface area contributed by atoms with Crippen molar-refractivity contribution in [1.29, 1.82) is 0 Å². The molecule has 2 aliphatic heterocycles. The summed E-state index contributed by atoms with van der Waals surface area (Å²) in [7, 11) is 0. The lowest BCUT2D eigenvalue weighted by molar-refractivity contribution is -0.173. The minimum absolute atomic E-state index is 0.0627. The molecule has 29 heavy (non-hydrogen) atoms. The van der Waals surface area contributed by atoms with Crippen LogP contribution in [-0.4, -0.2) is 39.9 Å². The van der Waals surface area contributed by atoms with Gasteiger partial charge >= 0.3 is 6.18 Å². The first kappa shape index (κ1) is 20.3. The third-order valence-electron chi connectivity index (χ3n) is 5.75. The first-order valence-corrected chi connectivity index (χ1v) is 10.5. The number of amides is 1. The van der Waals surface area contributed by atoms with E-state index < -0.39 is 18.3 Å². The molecule has 2 atom stereocenters. The molecule has 3 heterocycles. The van der Waals surface area contributed by atoms with E-state index in [1.165, 1.54) is 6.07 Å². The average molecular weight is 471 g/mol. The second-order valence-electron chi connectivity index (χ2n) is 7.88. The number of hydrogen-bond acceptors (Lipinski definition) is 3. The minimum Gasteiger partial charge on any atom is -0.363 e. The minimum atomic E-state index is -4.46. The van der Waals surface area contributed by atoms with Crippen molar-refractivity contribution in [2.45, 2.75) is 44.4 Å². The summed E-state index contributed by atoms with van der Waals surface area (Å²) in [5.41, 5.74) is 0.820. The molecule has 0 aliphatic carbocycles. The smallest absolute Gasteiger partial charge is 0.363 e. The van der Waals surface area contributed by atoms with Gasteiger partial charge in [0.2, 0.25) is 0 Å². The quantitative estimate of drug-likeness (QED) is 0.657. The Morgan fingerprint density at radius 1 is 1.21 bits per heavy atom. The van der Waals surface area contributed by atoms with Crippen LogP contribution in [0.1, 0.15) is 54.3 Å². The normalized spacial score (nSPS) is 22.9. The molecule has 1 fully saturated rings. The zero-order chi connectivity index (χ0) is 20.8. The molecule has 2 aromatic rings. The Bertz CT molecular complexity index is 888. The van der Waals surface area contributed by atoms with Gasteiger partial charge in [-0.15, -0.1) is 0 Å². The molecule has 1 saturated heterocycles. The van der Waals surface area contributed by atoms with E-state index in [1.807, 2.05) is 0 Å². The summed E-state index contributed by atoms with van der Waals surface area (Å²) in [6, 6.07) is 6.34. The van der Waals surface area contributed by atoms with Crippen LogP contribution < -0.4 is 5.32 Å². The fourth-order valence-electron chi connectivity index (χ4n) is 3.97. The van der Waals surface area contributed by atoms with Gasteiger partial charge in [0.05, 0.1) is 6.04 Å². The predicted molar refractivity (Wildman–Crippen MR) is 107 cm³/mol. The fraction of sp³-hybridized carbons (Fsp3) is 0.500. The van der Waals surface area contributed by atoms with Crippen LogP contribution in [0.3, 0.4) is 0 Å². The van der Waals surface area contributed by atoms with Crippen molar-refractivity contribution in [3.05, 3.63) is 46.1 Å². The molecule has 4 rings (SSSR count). The third kappa shape index (κ3) is 4.15. The zero-order valence-electron chi connectivity index (χ0n) is 15.9. The van der Waals surface area contributed by atoms with E-state index >= 15 is 0 Å². The van der Waals surface area contributed by atoms with E-state index in [-0.39, 0.29) is 23.8 Å². The standard InChI is InChI=1S/C20H22BrF3N4O/c1-12-6-8-27(9-7-12)19(29)16-11-18-25-15(13-2-4-14(21)5-3-13)10-17(20(22,23)24)28(18)26-16/h2-5,11-12,15,17,25H,6-10H2,1H3. The second-order valence-corrected chi connectivity index (χ2v) is 8.79. The number of piperidine rings is 1. The van der Waals surface area contributed by atoms with Crippen molar-refractivity contribution in [2.24, 2.45) is 5.92 Å². The summed E-state index contributed by atoms with van der Waals surface area (Å²) in [6.07, 6.45) is -2.85. The van der Waals surface area contributed by atoms with Gasteiger partial charge in [-0.1, -0.05) is 35.0 Å². The molecule has 5 nitrogen and oxygen atoms in total. The summed E-state index contributed by atoms with van der Waals surface area (Å²) in [5.74, 6) is 0.471. The number of likely N-dealkylation sites (tertiary alicyclic amines) is 1. The lowest BCUT2D eigenvalue weighted by Gasteiger charge is -2.33. The van der Waals surface area contributed by atoms with E-state index in [4.69, 9.17) is 0 Å². The van der Waals surface area contributed by atoms with Gasteiger partial charge in [0.25, 0.3) is 5.91 Å². The van der Waals surface area contributed by atoms with Crippen molar-refractivity contribution in [3.63, 3.8) is 0 Å². The lowest BCUT2D eigenvalue weighted by Crippen LogP contribution is -2.38. The van der Waals surface area contributed by atoms with Crippen LogP contribution in [0, 0.1) is 5.92 Å². The molecule has 1 aromatic heterocycles. The molecule has 0 spiro atoms. The second kappa shape index (κ2) is 7.66. The summed E-state index contributed by atoms with van der Waals surface area (Å²) >= 11 is 3.34. The number of alkyl halides is 3. The molecular weight excluding hydrogens is 449 g/mol. The van der Waals surface area contributed by atoms with Crippen molar-refractivity contribution in [2.75, 3.05) is 18.4 Å². The van der Waals surface area contributed by atoms with E-state index in [0.717, 1.165) is 27.6 Å². The van der Waals surface area contributed by atoms with E-state index in [1.54, 1.807) is 29.2 Å². The van der Waals surface area contributed by atoms with Crippen LogP contribution in [0.15, 0.2) is 34.8 Å². The van der Waals surface area contributed by atoms with Crippen molar-refractivity contribution in [1.82, 2.24) is 14.7 Å². The van der Waals surface area contributed by atoms with Gasteiger partial charge in [0, 0.05) is 30.0 Å². The number of anilines is 1. The zero-order valence-corrected chi connectivity index (χ0v) is 17.5. The summed E-state index contributed by atoms with van der Waals surface area (Å²) in [4.78, 5) is 14.5. The SMILES string of the molecule is CC1CCN(C(=O)c2cc3n(n2)C(C(F)(F)F)CC(c2ccc(Br)cc2)N3)CC1. The molecule has 0 radical (unpaired) electrons. The first-order chi connectivity index (χ1) is 13.7. The number of nitrogens with zero attached hydrogens (tertiary/aromatic N) is 3. The number of carbonyl (C=O) groups excluding carboxylic acids is 1. The van der Waals surface area contributed by atoms with Crippen molar-refractivity contribution >= 4 is 27.7 Å². The molecule has 9 heteroatoms. The predicted octanol–water partition coefficient (Wildman–Crippen LogP) is 5.18. The summed E-state index contributed by atoms with van der Waals surface area (Å²) < 4.78 is 43.2. The van der Waals surface area contributed by atoms with E-state index in [9.17, 15) is 18.0 Å². The number of aromatic nitrogens is 2. The first-order valence-electron chi connectivity index (χ1n) is 9.70.